The number of benzene rings is 1. The van der Waals surface area contributed by atoms with Gasteiger partial charge in [-0.2, -0.15) is 9.78 Å². The molecule has 2 rings (SSSR count). The molecule has 1 atom stereocenters. The van der Waals surface area contributed by atoms with Gasteiger partial charge in [-0.15, -0.1) is 0 Å². The first kappa shape index (κ1) is 17.8. The van der Waals surface area contributed by atoms with E-state index in [0.717, 1.165) is 10.7 Å². The number of rotatable bonds is 6. The second-order valence-electron chi connectivity index (χ2n) is 5.92. The Balaban J connectivity index is 2.30. The molecule has 6 nitrogen and oxygen atoms in total. The molecule has 1 heterocycles. The maximum atomic E-state index is 13.3. The number of aromatic nitrogens is 2. The number of carbonyl (C=O) groups excluding carboxylic acids is 1. The summed E-state index contributed by atoms with van der Waals surface area (Å²) in [6, 6.07) is 6.25. The topological polar surface area (TPSA) is 84.2 Å². The van der Waals surface area contributed by atoms with Gasteiger partial charge in [0.05, 0.1) is 18.3 Å². The predicted octanol–water partition coefficient (Wildman–Crippen LogP) is 1.51. The first-order valence-electron chi connectivity index (χ1n) is 7.68. The Kier molecular flexibility index (Phi) is 5.81. The van der Waals surface area contributed by atoms with Crippen LogP contribution in [-0.2, 0) is 0 Å². The monoisotopic (exact) mass is 333 g/mol. The number of hydrogen-bond donors (Lipinski definition) is 2. The number of nitrogens with zero attached hydrogens (tertiary/aromatic N) is 2. The molecular weight excluding hydrogens is 313 g/mol. The molecular formula is C17H20FN3O3. The predicted molar refractivity (Wildman–Crippen MR) is 87.6 cm³/mol. The summed E-state index contributed by atoms with van der Waals surface area (Å²) in [5.41, 5.74) is -0.533. The largest absolute Gasteiger partial charge is 0.394 e. The summed E-state index contributed by atoms with van der Waals surface area (Å²) in [6.07, 6.45) is 1.89. The maximum Gasteiger partial charge on any atom is 0.284 e. The molecule has 0 radical (unpaired) electrons. The third-order valence-corrected chi connectivity index (χ3v) is 3.46. The summed E-state index contributed by atoms with van der Waals surface area (Å²) in [4.78, 5) is 24.8. The Morgan fingerprint density at radius 2 is 2.12 bits per heavy atom. The van der Waals surface area contributed by atoms with E-state index in [1.165, 1.54) is 30.5 Å². The van der Waals surface area contributed by atoms with Crippen LogP contribution in [0.3, 0.4) is 0 Å². The zero-order chi connectivity index (χ0) is 17.7. The van der Waals surface area contributed by atoms with Crippen molar-refractivity contribution in [1.82, 2.24) is 15.1 Å². The van der Waals surface area contributed by atoms with Crippen LogP contribution < -0.4 is 10.9 Å². The number of aliphatic hydroxyl groups is 1. The molecule has 1 amide bonds. The molecule has 0 bridgehead atoms. The number of carbonyl (C=O) groups is 1. The highest BCUT2D eigenvalue weighted by molar-refractivity contribution is 5.94. The Morgan fingerprint density at radius 3 is 2.75 bits per heavy atom. The number of nitrogens with one attached hydrogen (secondary N) is 1. The van der Waals surface area contributed by atoms with Gasteiger partial charge < -0.3 is 10.4 Å². The van der Waals surface area contributed by atoms with Gasteiger partial charge in [0.1, 0.15) is 11.4 Å². The minimum atomic E-state index is -0.651. The molecule has 2 N–H and O–H groups in total. The van der Waals surface area contributed by atoms with E-state index in [2.05, 4.69) is 10.4 Å². The minimum Gasteiger partial charge on any atom is -0.394 e. The van der Waals surface area contributed by atoms with E-state index in [-0.39, 0.29) is 23.8 Å². The Hall–Kier alpha value is -2.54. The summed E-state index contributed by atoms with van der Waals surface area (Å²) in [6.45, 7) is 3.73. The Morgan fingerprint density at radius 1 is 1.38 bits per heavy atom. The zero-order valence-corrected chi connectivity index (χ0v) is 13.6. The Labute approximate surface area is 138 Å². The third kappa shape index (κ3) is 4.26. The molecule has 0 fully saturated rings. The van der Waals surface area contributed by atoms with Crippen molar-refractivity contribution in [2.24, 2.45) is 5.92 Å². The summed E-state index contributed by atoms with van der Waals surface area (Å²) in [5, 5.41) is 15.9. The molecule has 1 aromatic heterocycles. The summed E-state index contributed by atoms with van der Waals surface area (Å²) >= 11 is 0. The maximum absolute atomic E-state index is 13.3. The van der Waals surface area contributed by atoms with Gasteiger partial charge in [-0.25, -0.2) is 4.39 Å². The molecule has 1 aromatic carbocycles. The van der Waals surface area contributed by atoms with E-state index >= 15 is 0 Å². The molecule has 0 saturated carbocycles. The van der Waals surface area contributed by atoms with E-state index in [1.807, 2.05) is 13.8 Å². The number of amides is 1. The van der Waals surface area contributed by atoms with Gasteiger partial charge in [0.25, 0.3) is 11.5 Å². The van der Waals surface area contributed by atoms with Gasteiger partial charge in [0.2, 0.25) is 0 Å². The van der Waals surface area contributed by atoms with Crippen molar-refractivity contribution in [2.45, 2.75) is 26.3 Å². The highest BCUT2D eigenvalue weighted by atomic mass is 19.1. The summed E-state index contributed by atoms with van der Waals surface area (Å²) in [7, 11) is 0. The van der Waals surface area contributed by atoms with Crippen LogP contribution in [0.1, 0.15) is 30.6 Å². The average Bonchev–Trinajstić information content (AvgIpc) is 2.53. The molecule has 7 heteroatoms. The van der Waals surface area contributed by atoms with Crippen LogP contribution in [0.15, 0.2) is 41.3 Å². The lowest BCUT2D eigenvalue weighted by Gasteiger charge is -2.18. The SMILES string of the molecule is CC(C)C[C@@H](CO)NC(=O)c1ccnn(-c2cccc(F)c2)c1=O. The van der Waals surface area contributed by atoms with Crippen LogP contribution in [-0.4, -0.2) is 33.4 Å². The second-order valence-corrected chi connectivity index (χ2v) is 5.92. The smallest absolute Gasteiger partial charge is 0.284 e. The second kappa shape index (κ2) is 7.83. The van der Waals surface area contributed by atoms with Crippen LogP contribution in [0, 0.1) is 11.7 Å². The highest BCUT2D eigenvalue weighted by Gasteiger charge is 2.18. The highest BCUT2D eigenvalue weighted by Crippen LogP contribution is 2.07. The summed E-state index contributed by atoms with van der Waals surface area (Å²) in [5.74, 6) is -0.815. The number of hydrogen-bond acceptors (Lipinski definition) is 4. The van der Waals surface area contributed by atoms with Crippen LogP contribution in [0.25, 0.3) is 5.69 Å². The van der Waals surface area contributed by atoms with Crippen LogP contribution >= 0.6 is 0 Å². The van der Waals surface area contributed by atoms with Crippen LogP contribution in [0.5, 0.6) is 0 Å². The van der Waals surface area contributed by atoms with Crippen molar-refractivity contribution in [3.63, 3.8) is 0 Å². The zero-order valence-electron chi connectivity index (χ0n) is 13.6. The van der Waals surface area contributed by atoms with E-state index < -0.39 is 23.3 Å². The molecule has 0 unspecified atom stereocenters. The first-order chi connectivity index (χ1) is 11.4. The third-order valence-electron chi connectivity index (χ3n) is 3.46. The molecule has 2 aromatic rings. The number of aliphatic hydroxyl groups excluding tert-OH is 1. The normalized spacial score (nSPS) is 12.2. The lowest BCUT2D eigenvalue weighted by molar-refractivity contribution is 0.0906. The molecule has 0 saturated heterocycles. The van der Waals surface area contributed by atoms with E-state index in [0.29, 0.717) is 6.42 Å². The quantitative estimate of drug-likeness (QED) is 0.839. The van der Waals surface area contributed by atoms with Gasteiger partial charge in [0.15, 0.2) is 0 Å². The number of halogens is 1. The van der Waals surface area contributed by atoms with Gasteiger partial charge in [0, 0.05) is 6.20 Å². The lowest BCUT2D eigenvalue weighted by Crippen LogP contribution is -2.41. The molecule has 0 aliphatic heterocycles. The van der Waals surface area contributed by atoms with Crippen molar-refractivity contribution in [3.8, 4) is 5.69 Å². The van der Waals surface area contributed by atoms with Crippen molar-refractivity contribution in [2.75, 3.05) is 6.61 Å². The van der Waals surface area contributed by atoms with Gasteiger partial charge >= 0.3 is 0 Å². The van der Waals surface area contributed by atoms with Crippen molar-refractivity contribution in [3.05, 3.63) is 58.3 Å². The Bertz CT molecular complexity index is 774. The van der Waals surface area contributed by atoms with E-state index in [4.69, 9.17) is 0 Å². The molecule has 0 aliphatic rings. The van der Waals surface area contributed by atoms with Crippen LogP contribution in [0.4, 0.5) is 4.39 Å². The standard InChI is InChI=1S/C17H20FN3O3/c1-11(2)8-13(10-22)20-16(23)15-6-7-19-21(17(15)24)14-5-3-4-12(18)9-14/h3-7,9,11,13,22H,8,10H2,1-2H3,(H,20,23)/t13-/m0/s1. The molecule has 0 spiro atoms. The van der Waals surface area contributed by atoms with E-state index in [1.54, 1.807) is 0 Å². The minimum absolute atomic E-state index is 0.114. The van der Waals surface area contributed by atoms with Gasteiger partial charge in [-0.1, -0.05) is 19.9 Å². The van der Waals surface area contributed by atoms with E-state index in [9.17, 15) is 19.1 Å². The molecule has 24 heavy (non-hydrogen) atoms. The first-order valence-corrected chi connectivity index (χ1v) is 7.68. The van der Waals surface area contributed by atoms with Crippen molar-refractivity contribution >= 4 is 5.91 Å². The fraction of sp³-hybridized carbons (Fsp3) is 0.353. The van der Waals surface area contributed by atoms with Gasteiger partial charge in [-0.05, 0) is 36.6 Å². The average molecular weight is 333 g/mol. The fourth-order valence-electron chi connectivity index (χ4n) is 2.39. The van der Waals surface area contributed by atoms with Crippen molar-refractivity contribution in [1.29, 1.82) is 0 Å². The lowest BCUT2D eigenvalue weighted by atomic mass is 10.0. The van der Waals surface area contributed by atoms with Gasteiger partial charge in [-0.3, -0.25) is 9.59 Å². The van der Waals surface area contributed by atoms with Crippen molar-refractivity contribution < 1.29 is 14.3 Å². The fourth-order valence-corrected chi connectivity index (χ4v) is 2.39. The molecule has 128 valence electrons. The summed E-state index contributed by atoms with van der Waals surface area (Å²) < 4.78 is 14.3. The molecule has 0 aliphatic carbocycles. The van der Waals surface area contributed by atoms with Crippen LogP contribution in [0.2, 0.25) is 0 Å².